The van der Waals surface area contributed by atoms with E-state index in [1.54, 1.807) is 12.1 Å². The number of carboxylic acid groups (broad SMARTS) is 1. The van der Waals surface area contributed by atoms with Crippen LogP contribution in [0.4, 0.5) is 5.69 Å². The van der Waals surface area contributed by atoms with Crippen molar-refractivity contribution in [2.75, 3.05) is 12.3 Å². The Morgan fingerprint density at radius 2 is 2.12 bits per heavy atom. The summed E-state index contributed by atoms with van der Waals surface area (Å²) in [7, 11) is 0. The van der Waals surface area contributed by atoms with Gasteiger partial charge in [-0.15, -0.1) is 0 Å². The van der Waals surface area contributed by atoms with Gasteiger partial charge in [0.05, 0.1) is 6.61 Å². The Hall–Kier alpha value is -1.71. The molecule has 0 saturated carbocycles. The molecule has 0 unspecified atom stereocenters. The lowest BCUT2D eigenvalue weighted by Gasteiger charge is -2.09. The molecule has 0 aromatic heterocycles. The van der Waals surface area contributed by atoms with E-state index in [4.69, 9.17) is 15.6 Å². The summed E-state index contributed by atoms with van der Waals surface area (Å²) in [6.45, 7) is 2.69. The maximum atomic E-state index is 11.0. The normalized spacial score (nSPS) is 10.2. The van der Waals surface area contributed by atoms with Crippen LogP contribution in [0.15, 0.2) is 18.2 Å². The molecule has 0 aliphatic carbocycles. The minimum atomic E-state index is -1.01. The third-order valence-electron chi connectivity index (χ3n) is 2.49. The predicted octanol–water partition coefficient (Wildman–Crippen LogP) is 2.93. The number of aromatic carboxylic acids is 1. The van der Waals surface area contributed by atoms with E-state index < -0.39 is 5.97 Å². The summed E-state index contributed by atoms with van der Waals surface area (Å²) in [4.78, 5) is 11.0. The fourth-order valence-corrected chi connectivity index (χ4v) is 1.55. The van der Waals surface area contributed by atoms with Crippen LogP contribution in [0, 0.1) is 0 Å². The summed E-state index contributed by atoms with van der Waals surface area (Å²) in [5.74, 6) is -0.621. The molecule has 0 radical (unpaired) electrons. The van der Waals surface area contributed by atoms with Gasteiger partial charge >= 0.3 is 5.97 Å². The number of unbranched alkanes of at least 4 members (excludes halogenated alkanes) is 3. The van der Waals surface area contributed by atoms with Crippen molar-refractivity contribution in [2.24, 2.45) is 0 Å². The topological polar surface area (TPSA) is 72.5 Å². The number of nitrogens with two attached hydrogens (primary N) is 1. The van der Waals surface area contributed by atoms with E-state index in [-0.39, 0.29) is 5.56 Å². The van der Waals surface area contributed by atoms with Crippen LogP contribution >= 0.6 is 0 Å². The largest absolute Gasteiger partial charge is 0.493 e. The van der Waals surface area contributed by atoms with Gasteiger partial charge in [0.2, 0.25) is 0 Å². The average Bonchev–Trinajstić information content (AvgIpc) is 2.30. The third-order valence-corrected chi connectivity index (χ3v) is 2.49. The van der Waals surface area contributed by atoms with Gasteiger partial charge in [0.25, 0.3) is 0 Å². The molecule has 1 aromatic carbocycles. The number of carboxylic acids is 1. The first-order valence-electron chi connectivity index (χ1n) is 5.90. The SMILES string of the molecule is CCCCCCOc1ccc(N)cc1C(=O)O. The molecular weight excluding hydrogens is 218 g/mol. The summed E-state index contributed by atoms with van der Waals surface area (Å²) in [5.41, 5.74) is 6.10. The highest BCUT2D eigenvalue weighted by molar-refractivity contribution is 5.92. The fourth-order valence-electron chi connectivity index (χ4n) is 1.55. The molecule has 0 saturated heterocycles. The molecule has 17 heavy (non-hydrogen) atoms. The molecule has 4 nitrogen and oxygen atoms in total. The lowest BCUT2D eigenvalue weighted by atomic mass is 10.2. The Bertz CT molecular complexity index is 377. The second-order valence-corrected chi connectivity index (χ2v) is 3.97. The van der Waals surface area contributed by atoms with Crippen LogP contribution in [0.2, 0.25) is 0 Å². The molecule has 1 rings (SSSR count). The first-order chi connectivity index (χ1) is 8.15. The first-order valence-corrected chi connectivity index (χ1v) is 5.90. The summed E-state index contributed by atoms with van der Waals surface area (Å²) in [6, 6.07) is 4.68. The van der Waals surface area contributed by atoms with Crippen molar-refractivity contribution in [3.63, 3.8) is 0 Å². The molecule has 0 spiro atoms. The maximum absolute atomic E-state index is 11.0. The number of hydrogen-bond donors (Lipinski definition) is 2. The minimum Gasteiger partial charge on any atom is -0.493 e. The number of benzene rings is 1. The van der Waals surface area contributed by atoms with Gasteiger partial charge in [-0.3, -0.25) is 0 Å². The molecule has 1 aromatic rings. The van der Waals surface area contributed by atoms with Gasteiger partial charge in [-0.25, -0.2) is 4.79 Å². The maximum Gasteiger partial charge on any atom is 0.339 e. The van der Waals surface area contributed by atoms with E-state index in [0.717, 1.165) is 12.8 Å². The number of anilines is 1. The van der Waals surface area contributed by atoms with Gasteiger partial charge in [-0.05, 0) is 24.6 Å². The van der Waals surface area contributed by atoms with E-state index in [0.29, 0.717) is 18.0 Å². The van der Waals surface area contributed by atoms with Gasteiger partial charge < -0.3 is 15.6 Å². The molecule has 4 heteroatoms. The molecule has 0 aliphatic heterocycles. The lowest BCUT2D eigenvalue weighted by molar-refractivity contribution is 0.0692. The molecular formula is C13H19NO3. The van der Waals surface area contributed by atoms with Crippen LogP contribution in [-0.2, 0) is 0 Å². The molecule has 0 fully saturated rings. The second kappa shape index (κ2) is 6.78. The smallest absolute Gasteiger partial charge is 0.339 e. The van der Waals surface area contributed by atoms with Gasteiger partial charge in [-0.1, -0.05) is 26.2 Å². The van der Waals surface area contributed by atoms with E-state index in [2.05, 4.69) is 6.92 Å². The van der Waals surface area contributed by atoms with Gasteiger partial charge in [0.15, 0.2) is 0 Å². The standard InChI is InChI=1S/C13H19NO3/c1-2-3-4-5-8-17-12-7-6-10(14)9-11(12)13(15)16/h6-7,9H,2-5,8,14H2,1H3,(H,15,16). The number of nitrogen functional groups attached to an aromatic ring is 1. The monoisotopic (exact) mass is 237 g/mol. The molecule has 0 bridgehead atoms. The van der Waals surface area contributed by atoms with E-state index >= 15 is 0 Å². The van der Waals surface area contributed by atoms with Crippen LogP contribution in [-0.4, -0.2) is 17.7 Å². The Morgan fingerprint density at radius 3 is 2.76 bits per heavy atom. The van der Waals surface area contributed by atoms with Crippen molar-refractivity contribution in [2.45, 2.75) is 32.6 Å². The second-order valence-electron chi connectivity index (χ2n) is 3.97. The minimum absolute atomic E-state index is 0.125. The highest BCUT2D eigenvalue weighted by Gasteiger charge is 2.11. The van der Waals surface area contributed by atoms with Crippen LogP contribution < -0.4 is 10.5 Å². The highest BCUT2D eigenvalue weighted by atomic mass is 16.5. The zero-order valence-corrected chi connectivity index (χ0v) is 10.1. The summed E-state index contributed by atoms with van der Waals surface area (Å²) < 4.78 is 5.46. The van der Waals surface area contributed by atoms with Gasteiger partial charge in [0.1, 0.15) is 11.3 Å². The number of ether oxygens (including phenoxy) is 1. The summed E-state index contributed by atoms with van der Waals surface area (Å²) in [5, 5.41) is 9.00. The molecule has 0 aliphatic rings. The zero-order chi connectivity index (χ0) is 12.7. The Morgan fingerprint density at radius 1 is 1.35 bits per heavy atom. The van der Waals surface area contributed by atoms with Crippen molar-refractivity contribution in [1.82, 2.24) is 0 Å². The van der Waals surface area contributed by atoms with Crippen LogP contribution in [0.3, 0.4) is 0 Å². The average molecular weight is 237 g/mol. The highest BCUT2D eigenvalue weighted by Crippen LogP contribution is 2.21. The van der Waals surface area contributed by atoms with Crippen molar-refractivity contribution in [1.29, 1.82) is 0 Å². The Labute approximate surface area is 101 Å². The zero-order valence-electron chi connectivity index (χ0n) is 10.1. The quantitative estimate of drug-likeness (QED) is 0.565. The van der Waals surface area contributed by atoms with E-state index in [1.807, 2.05) is 0 Å². The summed E-state index contributed by atoms with van der Waals surface area (Å²) >= 11 is 0. The van der Waals surface area contributed by atoms with Gasteiger partial charge in [-0.2, -0.15) is 0 Å². The van der Waals surface area contributed by atoms with E-state index in [9.17, 15) is 4.79 Å². The molecule has 0 amide bonds. The summed E-state index contributed by atoms with van der Waals surface area (Å²) in [6.07, 6.45) is 4.39. The van der Waals surface area contributed by atoms with Crippen molar-refractivity contribution < 1.29 is 14.6 Å². The lowest BCUT2D eigenvalue weighted by Crippen LogP contribution is -2.05. The van der Waals surface area contributed by atoms with Crippen LogP contribution in [0.5, 0.6) is 5.75 Å². The Kier molecular flexibility index (Phi) is 5.33. The number of hydrogen-bond acceptors (Lipinski definition) is 3. The van der Waals surface area contributed by atoms with Crippen molar-refractivity contribution >= 4 is 11.7 Å². The molecule has 94 valence electrons. The van der Waals surface area contributed by atoms with Crippen molar-refractivity contribution in [3.05, 3.63) is 23.8 Å². The molecule has 0 atom stereocenters. The Balaban J connectivity index is 2.55. The first kappa shape index (κ1) is 13.4. The third kappa shape index (κ3) is 4.34. The number of carbonyl (C=O) groups is 1. The molecule has 0 heterocycles. The van der Waals surface area contributed by atoms with E-state index in [1.165, 1.54) is 18.9 Å². The van der Waals surface area contributed by atoms with Crippen LogP contribution in [0.1, 0.15) is 43.0 Å². The van der Waals surface area contributed by atoms with Crippen LogP contribution in [0.25, 0.3) is 0 Å². The van der Waals surface area contributed by atoms with Crippen molar-refractivity contribution in [3.8, 4) is 5.75 Å². The van der Waals surface area contributed by atoms with Gasteiger partial charge in [0, 0.05) is 5.69 Å². The molecule has 3 N–H and O–H groups in total. The fraction of sp³-hybridized carbons (Fsp3) is 0.462. The number of rotatable bonds is 7. The predicted molar refractivity (Wildman–Crippen MR) is 67.5 cm³/mol.